The normalized spacial score (nSPS) is 30.0. The average Bonchev–Trinajstić information content (AvgIpc) is 2.32. The van der Waals surface area contributed by atoms with E-state index in [0.29, 0.717) is 12.2 Å². The molecule has 0 amide bonds. The minimum Gasteiger partial charge on any atom is -0.378 e. The van der Waals surface area contributed by atoms with Crippen LogP contribution in [0, 0.1) is 0 Å². The lowest BCUT2D eigenvalue weighted by molar-refractivity contribution is -0.00677. The van der Waals surface area contributed by atoms with Crippen LogP contribution >= 0.6 is 0 Å². The van der Waals surface area contributed by atoms with E-state index in [4.69, 9.17) is 9.47 Å². The first-order chi connectivity index (χ1) is 6.36. The number of rotatable bonds is 4. The molecule has 0 radical (unpaired) electrons. The van der Waals surface area contributed by atoms with Gasteiger partial charge in [-0.3, -0.25) is 0 Å². The second-order valence-corrected chi connectivity index (χ2v) is 3.67. The topological polar surface area (TPSA) is 18.5 Å². The Morgan fingerprint density at radius 3 is 1.77 bits per heavy atom. The molecule has 0 saturated heterocycles. The molecule has 1 aliphatic carbocycles. The summed E-state index contributed by atoms with van der Waals surface area (Å²) in [5.74, 6) is 0. The van der Waals surface area contributed by atoms with Gasteiger partial charge in [-0.15, -0.1) is 0 Å². The SMILES string of the molecule is CCOC1CCCCC(OCC)C1. The molecule has 0 spiro atoms. The summed E-state index contributed by atoms with van der Waals surface area (Å²) in [5, 5.41) is 0. The van der Waals surface area contributed by atoms with Gasteiger partial charge < -0.3 is 9.47 Å². The number of ether oxygens (including phenoxy) is 2. The fourth-order valence-electron chi connectivity index (χ4n) is 2.05. The highest BCUT2D eigenvalue weighted by Gasteiger charge is 2.20. The van der Waals surface area contributed by atoms with Crippen molar-refractivity contribution in [1.82, 2.24) is 0 Å². The van der Waals surface area contributed by atoms with Crippen molar-refractivity contribution in [1.29, 1.82) is 0 Å². The van der Waals surface area contributed by atoms with E-state index in [1.54, 1.807) is 0 Å². The molecule has 1 aliphatic rings. The van der Waals surface area contributed by atoms with Gasteiger partial charge in [0.2, 0.25) is 0 Å². The van der Waals surface area contributed by atoms with Crippen LogP contribution in [-0.2, 0) is 9.47 Å². The Hall–Kier alpha value is -0.0800. The van der Waals surface area contributed by atoms with Crippen LogP contribution in [0.15, 0.2) is 0 Å². The Morgan fingerprint density at radius 1 is 0.923 bits per heavy atom. The lowest BCUT2D eigenvalue weighted by Gasteiger charge is -2.19. The molecule has 0 aromatic carbocycles. The van der Waals surface area contributed by atoms with Gasteiger partial charge in [0.1, 0.15) is 0 Å². The fraction of sp³-hybridized carbons (Fsp3) is 1.00. The van der Waals surface area contributed by atoms with E-state index < -0.39 is 0 Å². The zero-order chi connectivity index (χ0) is 9.52. The van der Waals surface area contributed by atoms with Crippen molar-refractivity contribution >= 4 is 0 Å². The van der Waals surface area contributed by atoms with Crippen LogP contribution < -0.4 is 0 Å². The molecule has 1 rings (SSSR count). The third kappa shape index (κ3) is 4.10. The van der Waals surface area contributed by atoms with Crippen LogP contribution in [0.3, 0.4) is 0 Å². The van der Waals surface area contributed by atoms with Gasteiger partial charge in [-0.2, -0.15) is 0 Å². The molecule has 13 heavy (non-hydrogen) atoms. The summed E-state index contributed by atoms with van der Waals surface area (Å²) in [4.78, 5) is 0. The fourth-order valence-corrected chi connectivity index (χ4v) is 2.05. The van der Waals surface area contributed by atoms with Crippen molar-refractivity contribution in [3.8, 4) is 0 Å². The third-order valence-electron chi connectivity index (χ3n) is 2.63. The quantitative estimate of drug-likeness (QED) is 0.628. The molecule has 2 nitrogen and oxygen atoms in total. The summed E-state index contributed by atoms with van der Waals surface area (Å²) in [5.41, 5.74) is 0. The second-order valence-electron chi connectivity index (χ2n) is 3.67. The minimum atomic E-state index is 0.448. The number of hydrogen-bond acceptors (Lipinski definition) is 2. The molecule has 0 aliphatic heterocycles. The first kappa shape index (κ1) is 11.0. The highest BCUT2D eigenvalue weighted by molar-refractivity contribution is 4.71. The highest BCUT2D eigenvalue weighted by atomic mass is 16.5. The van der Waals surface area contributed by atoms with Crippen LogP contribution in [-0.4, -0.2) is 25.4 Å². The Bertz CT molecular complexity index is 111. The van der Waals surface area contributed by atoms with Gasteiger partial charge in [0.25, 0.3) is 0 Å². The maximum absolute atomic E-state index is 5.66. The van der Waals surface area contributed by atoms with Crippen molar-refractivity contribution in [2.45, 2.75) is 58.2 Å². The molecule has 0 bridgehead atoms. The second kappa shape index (κ2) is 6.39. The van der Waals surface area contributed by atoms with E-state index in [1.807, 2.05) is 0 Å². The first-order valence-electron chi connectivity index (χ1n) is 5.60. The summed E-state index contributed by atoms with van der Waals surface area (Å²) in [6.45, 7) is 5.81. The van der Waals surface area contributed by atoms with E-state index in [9.17, 15) is 0 Å². The standard InChI is InChI=1S/C11H22O2/c1-3-12-10-7-5-6-8-11(9-10)13-4-2/h10-11H,3-9H2,1-2H3. The molecule has 0 aromatic heterocycles. The summed E-state index contributed by atoms with van der Waals surface area (Å²) in [7, 11) is 0. The Balaban J connectivity index is 2.30. The first-order valence-corrected chi connectivity index (χ1v) is 5.60. The Labute approximate surface area is 81.6 Å². The van der Waals surface area contributed by atoms with Crippen molar-refractivity contribution in [3.63, 3.8) is 0 Å². The van der Waals surface area contributed by atoms with E-state index in [1.165, 1.54) is 25.7 Å². The van der Waals surface area contributed by atoms with Gasteiger partial charge in [-0.05, 0) is 33.1 Å². The van der Waals surface area contributed by atoms with E-state index in [0.717, 1.165) is 19.6 Å². The molecule has 2 unspecified atom stereocenters. The monoisotopic (exact) mass is 186 g/mol. The van der Waals surface area contributed by atoms with E-state index in [2.05, 4.69) is 13.8 Å². The van der Waals surface area contributed by atoms with Crippen LogP contribution in [0.1, 0.15) is 46.0 Å². The van der Waals surface area contributed by atoms with Crippen molar-refractivity contribution < 1.29 is 9.47 Å². The van der Waals surface area contributed by atoms with Crippen molar-refractivity contribution in [2.75, 3.05) is 13.2 Å². The average molecular weight is 186 g/mol. The summed E-state index contributed by atoms with van der Waals surface area (Å²) < 4.78 is 11.3. The summed E-state index contributed by atoms with van der Waals surface area (Å²) in [6, 6.07) is 0. The molecule has 2 heteroatoms. The third-order valence-corrected chi connectivity index (χ3v) is 2.63. The number of hydrogen-bond donors (Lipinski definition) is 0. The molecular formula is C11H22O2. The molecule has 0 aromatic rings. The molecule has 1 fully saturated rings. The highest BCUT2D eigenvalue weighted by Crippen LogP contribution is 2.22. The Morgan fingerprint density at radius 2 is 1.38 bits per heavy atom. The van der Waals surface area contributed by atoms with Gasteiger partial charge in [0.15, 0.2) is 0 Å². The van der Waals surface area contributed by atoms with Gasteiger partial charge >= 0.3 is 0 Å². The molecule has 78 valence electrons. The maximum atomic E-state index is 5.66. The molecular weight excluding hydrogens is 164 g/mol. The van der Waals surface area contributed by atoms with E-state index >= 15 is 0 Å². The predicted octanol–water partition coefficient (Wildman–Crippen LogP) is 2.76. The molecule has 1 saturated carbocycles. The van der Waals surface area contributed by atoms with Gasteiger partial charge in [-0.1, -0.05) is 12.8 Å². The van der Waals surface area contributed by atoms with Crippen molar-refractivity contribution in [3.05, 3.63) is 0 Å². The van der Waals surface area contributed by atoms with Crippen LogP contribution in [0.25, 0.3) is 0 Å². The molecule has 2 atom stereocenters. The smallest absolute Gasteiger partial charge is 0.0599 e. The molecule has 0 N–H and O–H groups in total. The van der Waals surface area contributed by atoms with E-state index in [-0.39, 0.29) is 0 Å². The summed E-state index contributed by atoms with van der Waals surface area (Å²) >= 11 is 0. The van der Waals surface area contributed by atoms with Gasteiger partial charge in [0, 0.05) is 13.2 Å². The zero-order valence-electron chi connectivity index (χ0n) is 8.92. The zero-order valence-corrected chi connectivity index (χ0v) is 8.92. The minimum absolute atomic E-state index is 0.448. The van der Waals surface area contributed by atoms with Crippen LogP contribution in [0.5, 0.6) is 0 Å². The predicted molar refractivity (Wildman–Crippen MR) is 53.9 cm³/mol. The van der Waals surface area contributed by atoms with Gasteiger partial charge in [0.05, 0.1) is 12.2 Å². The Kier molecular flexibility index (Phi) is 5.40. The van der Waals surface area contributed by atoms with Gasteiger partial charge in [-0.25, -0.2) is 0 Å². The lowest BCUT2D eigenvalue weighted by Crippen LogP contribution is -2.21. The van der Waals surface area contributed by atoms with Crippen LogP contribution in [0.2, 0.25) is 0 Å². The van der Waals surface area contributed by atoms with Crippen molar-refractivity contribution in [2.24, 2.45) is 0 Å². The maximum Gasteiger partial charge on any atom is 0.0599 e. The summed E-state index contributed by atoms with van der Waals surface area (Å²) in [6.07, 6.45) is 7.03. The lowest BCUT2D eigenvalue weighted by atomic mass is 10.1. The van der Waals surface area contributed by atoms with Crippen LogP contribution in [0.4, 0.5) is 0 Å². The molecule has 0 heterocycles. The largest absolute Gasteiger partial charge is 0.378 e.